The maximum absolute atomic E-state index is 12.5. The first kappa shape index (κ1) is 18.1. The van der Waals surface area contributed by atoms with Gasteiger partial charge in [-0.15, -0.1) is 0 Å². The minimum absolute atomic E-state index is 0.202. The van der Waals surface area contributed by atoms with Crippen molar-refractivity contribution in [3.63, 3.8) is 0 Å². The molecule has 2 saturated heterocycles. The number of likely N-dealkylation sites (tertiary alicyclic amines) is 1. The second-order valence-corrected chi connectivity index (χ2v) is 7.21. The molecule has 8 nitrogen and oxygen atoms in total. The van der Waals surface area contributed by atoms with Gasteiger partial charge in [-0.05, 0) is 26.3 Å². The topological polar surface area (TPSA) is 76.4 Å². The Bertz CT molecular complexity index is 786. The van der Waals surface area contributed by atoms with Gasteiger partial charge in [-0.3, -0.25) is 19.2 Å². The predicted octanol–water partition coefficient (Wildman–Crippen LogP) is 1.01. The molecule has 4 rings (SSSR count). The average molecular weight is 370 g/mol. The Kier molecular flexibility index (Phi) is 5.45. The Labute approximate surface area is 159 Å². The Balaban J connectivity index is 1.42. The number of morpholine rings is 1. The number of rotatable bonds is 4. The van der Waals surface area contributed by atoms with Crippen molar-refractivity contribution in [2.24, 2.45) is 0 Å². The van der Waals surface area contributed by atoms with E-state index in [-0.39, 0.29) is 5.91 Å². The van der Waals surface area contributed by atoms with E-state index >= 15 is 0 Å². The summed E-state index contributed by atoms with van der Waals surface area (Å²) < 4.78 is 7.28. The molecule has 2 aliphatic rings. The van der Waals surface area contributed by atoms with Gasteiger partial charge in [-0.2, -0.15) is 0 Å². The Morgan fingerprint density at radius 3 is 2.89 bits per heavy atom. The third-order valence-electron chi connectivity index (χ3n) is 5.36. The van der Waals surface area contributed by atoms with Crippen molar-refractivity contribution in [3.8, 4) is 5.82 Å². The Morgan fingerprint density at radius 1 is 1.26 bits per heavy atom. The molecule has 2 aromatic rings. The van der Waals surface area contributed by atoms with E-state index in [9.17, 15) is 4.79 Å². The Morgan fingerprint density at radius 2 is 2.11 bits per heavy atom. The largest absolute Gasteiger partial charge is 0.378 e. The van der Waals surface area contributed by atoms with E-state index in [1.54, 1.807) is 12.4 Å². The van der Waals surface area contributed by atoms with Crippen molar-refractivity contribution >= 4 is 5.91 Å². The molecule has 0 saturated carbocycles. The zero-order chi connectivity index (χ0) is 18.6. The van der Waals surface area contributed by atoms with Gasteiger partial charge in [0.15, 0.2) is 5.82 Å². The highest BCUT2D eigenvalue weighted by molar-refractivity contribution is 5.78. The van der Waals surface area contributed by atoms with Crippen LogP contribution in [0.5, 0.6) is 0 Å². The van der Waals surface area contributed by atoms with Crippen LogP contribution in [-0.2, 0) is 9.53 Å². The van der Waals surface area contributed by atoms with E-state index in [0.717, 1.165) is 43.3 Å². The summed E-state index contributed by atoms with van der Waals surface area (Å²) in [6.45, 7) is 6.92. The van der Waals surface area contributed by atoms with Crippen LogP contribution in [0.25, 0.3) is 5.82 Å². The fraction of sp³-hybridized carbons (Fsp3) is 0.579. The lowest BCUT2D eigenvalue weighted by Gasteiger charge is -2.34. The van der Waals surface area contributed by atoms with Gasteiger partial charge >= 0.3 is 0 Å². The van der Waals surface area contributed by atoms with Crippen molar-refractivity contribution in [2.75, 3.05) is 45.9 Å². The van der Waals surface area contributed by atoms with Gasteiger partial charge < -0.3 is 9.64 Å². The summed E-state index contributed by atoms with van der Waals surface area (Å²) in [5.41, 5.74) is 0.990. The number of hydrogen-bond acceptors (Lipinski definition) is 6. The highest BCUT2D eigenvalue weighted by Gasteiger charge is 2.26. The summed E-state index contributed by atoms with van der Waals surface area (Å²) in [4.78, 5) is 30.2. The third-order valence-corrected chi connectivity index (χ3v) is 5.36. The zero-order valence-corrected chi connectivity index (χ0v) is 15.8. The number of amides is 1. The monoisotopic (exact) mass is 370 g/mol. The summed E-state index contributed by atoms with van der Waals surface area (Å²) in [6.07, 6.45) is 9.43. The zero-order valence-electron chi connectivity index (χ0n) is 15.8. The molecule has 1 atom stereocenters. The lowest BCUT2D eigenvalue weighted by molar-refractivity contribution is -0.136. The van der Waals surface area contributed by atoms with Crippen molar-refractivity contribution < 1.29 is 9.53 Å². The van der Waals surface area contributed by atoms with Gasteiger partial charge in [0, 0.05) is 44.1 Å². The second-order valence-electron chi connectivity index (χ2n) is 7.21. The van der Waals surface area contributed by atoms with Crippen LogP contribution in [0.1, 0.15) is 30.3 Å². The van der Waals surface area contributed by atoms with E-state index in [1.807, 2.05) is 28.8 Å². The molecule has 4 heterocycles. The first-order chi connectivity index (χ1) is 13.2. The predicted molar refractivity (Wildman–Crippen MR) is 99.7 cm³/mol. The van der Waals surface area contributed by atoms with Crippen molar-refractivity contribution in [1.29, 1.82) is 0 Å². The van der Waals surface area contributed by atoms with Crippen LogP contribution < -0.4 is 0 Å². The van der Waals surface area contributed by atoms with Crippen molar-refractivity contribution in [2.45, 2.75) is 25.7 Å². The van der Waals surface area contributed by atoms with Gasteiger partial charge in [0.1, 0.15) is 5.82 Å². The summed E-state index contributed by atoms with van der Waals surface area (Å²) in [5.74, 6) is 2.19. The summed E-state index contributed by atoms with van der Waals surface area (Å²) in [6, 6.07) is 0. The quantitative estimate of drug-likeness (QED) is 0.799. The van der Waals surface area contributed by atoms with Gasteiger partial charge in [-0.25, -0.2) is 9.97 Å². The highest BCUT2D eigenvalue weighted by atomic mass is 16.5. The molecule has 0 radical (unpaired) electrons. The number of ether oxygens (including phenoxy) is 1. The molecule has 2 aromatic heterocycles. The van der Waals surface area contributed by atoms with Crippen LogP contribution in [-0.4, -0.2) is 81.2 Å². The summed E-state index contributed by atoms with van der Waals surface area (Å²) in [5, 5.41) is 0. The average Bonchev–Trinajstić information content (AvgIpc) is 3.15. The smallest absolute Gasteiger partial charge is 0.236 e. The number of carbonyl (C=O) groups is 1. The molecule has 0 unspecified atom stereocenters. The minimum Gasteiger partial charge on any atom is -0.378 e. The fourth-order valence-corrected chi connectivity index (χ4v) is 3.85. The lowest BCUT2D eigenvalue weighted by atomic mass is 9.95. The van der Waals surface area contributed by atoms with Crippen molar-refractivity contribution in [1.82, 2.24) is 29.3 Å². The number of piperidine rings is 1. The summed E-state index contributed by atoms with van der Waals surface area (Å²) >= 11 is 0. The maximum Gasteiger partial charge on any atom is 0.236 e. The normalized spacial score (nSPS) is 21.4. The summed E-state index contributed by atoms with van der Waals surface area (Å²) in [7, 11) is 0. The maximum atomic E-state index is 12.5. The molecule has 1 amide bonds. The number of nitrogens with zero attached hydrogens (tertiary/aromatic N) is 6. The second kappa shape index (κ2) is 8.14. The van der Waals surface area contributed by atoms with Crippen LogP contribution >= 0.6 is 0 Å². The van der Waals surface area contributed by atoms with Gasteiger partial charge in [-0.1, -0.05) is 0 Å². The van der Waals surface area contributed by atoms with Crippen LogP contribution in [0.2, 0.25) is 0 Å². The van der Waals surface area contributed by atoms with Gasteiger partial charge in [0.05, 0.1) is 31.6 Å². The molecule has 0 spiro atoms. The van der Waals surface area contributed by atoms with Crippen LogP contribution in [0.4, 0.5) is 0 Å². The number of hydrogen-bond donors (Lipinski definition) is 0. The molecular weight excluding hydrogens is 344 g/mol. The first-order valence-corrected chi connectivity index (χ1v) is 9.61. The molecule has 0 bridgehead atoms. The van der Waals surface area contributed by atoms with E-state index in [2.05, 4.69) is 14.9 Å². The molecular formula is C19H26N6O2. The van der Waals surface area contributed by atoms with Crippen molar-refractivity contribution in [3.05, 3.63) is 36.3 Å². The van der Waals surface area contributed by atoms with Crippen LogP contribution in [0, 0.1) is 6.92 Å². The molecule has 0 N–H and O–H groups in total. The fourth-order valence-electron chi connectivity index (χ4n) is 3.85. The highest BCUT2D eigenvalue weighted by Crippen LogP contribution is 2.26. The number of imidazole rings is 1. The van der Waals surface area contributed by atoms with E-state index in [4.69, 9.17) is 9.72 Å². The SMILES string of the molecule is Cc1nccn1-c1cncc([C@H]2CCCN(CC(=O)N3CCOCC3)C2)n1. The standard InChI is InChI=1S/C19H26N6O2/c1-15-21-4-6-25(15)18-12-20-11-17(22-18)16-3-2-5-23(13-16)14-19(26)24-7-9-27-10-8-24/h4,6,11-12,16H,2-3,5,7-10,13-14H2,1H3/t16-/m0/s1. The molecule has 8 heteroatoms. The number of carbonyl (C=O) groups excluding carboxylic acids is 1. The minimum atomic E-state index is 0.202. The molecule has 27 heavy (non-hydrogen) atoms. The molecule has 0 aliphatic carbocycles. The van der Waals surface area contributed by atoms with Gasteiger partial charge in [0.2, 0.25) is 5.91 Å². The molecule has 2 aliphatic heterocycles. The van der Waals surface area contributed by atoms with Crippen LogP contribution in [0.15, 0.2) is 24.8 Å². The number of aromatic nitrogens is 4. The molecule has 2 fully saturated rings. The number of aryl methyl sites for hydroxylation is 1. The third kappa shape index (κ3) is 4.17. The molecule has 144 valence electrons. The first-order valence-electron chi connectivity index (χ1n) is 9.61. The van der Waals surface area contributed by atoms with Crippen LogP contribution in [0.3, 0.4) is 0 Å². The Hall–Kier alpha value is -2.32. The van der Waals surface area contributed by atoms with E-state index in [1.165, 1.54) is 0 Å². The van der Waals surface area contributed by atoms with E-state index < -0.39 is 0 Å². The van der Waals surface area contributed by atoms with E-state index in [0.29, 0.717) is 38.8 Å². The molecule has 0 aromatic carbocycles. The van der Waals surface area contributed by atoms with Gasteiger partial charge in [0.25, 0.3) is 0 Å². The lowest BCUT2D eigenvalue weighted by Crippen LogP contribution is -2.47.